The Morgan fingerprint density at radius 3 is 2.23 bits per heavy atom. The Bertz CT molecular complexity index is 1280. The Labute approximate surface area is 207 Å². The zero-order chi connectivity index (χ0) is 24.6. The summed E-state index contributed by atoms with van der Waals surface area (Å²) in [5, 5.41) is 5.12. The third kappa shape index (κ3) is 6.15. The van der Waals surface area contributed by atoms with Crippen molar-refractivity contribution in [3.8, 4) is 0 Å². The minimum atomic E-state index is -0.594. The summed E-state index contributed by atoms with van der Waals surface area (Å²) in [6.45, 7) is 2.43. The molecule has 4 aromatic carbocycles. The molecule has 0 unspecified atom stereocenters. The summed E-state index contributed by atoms with van der Waals surface area (Å²) in [5.74, 6) is -0.178. The maximum absolute atomic E-state index is 13.7. The van der Waals surface area contributed by atoms with E-state index in [0.717, 1.165) is 22.3 Å². The van der Waals surface area contributed by atoms with Gasteiger partial charge < -0.3 is 10.2 Å². The van der Waals surface area contributed by atoms with E-state index in [0.29, 0.717) is 25.8 Å². The van der Waals surface area contributed by atoms with E-state index in [2.05, 4.69) is 29.6 Å². The Balaban J connectivity index is 1.61. The minimum Gasteiger partial charge on any atom is -0.357 e. The maximum atomic E-state index is 13.7. The van der Waals surface area contributed by atoms with Crippen LogP contribution < -0.4 is 5.32 Å². The number of likely N-dealkylation sites (N-methyl/N-ethyl adjacent to an activating group) is 1. The molecule has 4 rings (SSSR count). The molecule has 0 heterocycles. The van der Waals surface area contributed by atoms with Crippen LogP contribution in [0.2, 0.25) is 0 Å². The van der Waals surface area contributed by atoms with Crippen LogP contribution in [0.15, 0.2) is 97.1 Å². The largest absolute Gasteiger partial charge is 0.357 e. The van der Waals surface area contributed by atoms with E-state index in [9.17, 15) is 9.59 Å². The molecule has 0 radical (unpaired) electrons. The van der Waals surface area contributed by atoms with E-state index in [1.165, 1.54) is 10.8 Å². The highest BCUT2D eigenvalue weighted by atomic mass is 16.2. The van der Waals surface area contributed by atoms with Crippen LogP contribution in [0.1, 0.15) is 28.7 Å². The van der Waals surface area contributed by atoms with Crippen LogP contribution >= 0.6 is 0 Å². The molecule has 2 amide bonds. The van der Waals surface area contributed by atoms with Crippen LogP contribution in [0.3, 0.4) is 0 Å². The molecule has 1 atom stereocenters. The Kier molecular flexibility index (Phi) is 7.94. The van der Waals surface area contributed by atoms with E-state index in [1.807, 2.05) is 79.7 Å². The van der Waals surface area contributed by atoms with Crippen LogP contribution in [0, 0.1) is 6.92 Å². The number of amides is 2. The smallest absolute Gasteiger partial charge is 0.242 e. The molecule has 0 spiro atoms. The van der Waals surface area contributed by atoms with Crippen molar-refractivity contribution in [2.24, 2.45) is 0 Å². The van der Waals surface area contributed by atoms with Crippen LogP contribution in [0.4, 0.5) is 0 Å². The van der Waals surface area contributed by atoms with Crippen molar-refractivity contribution < 1.29 is 9.59 Å². The molecule has 0 aliphatic rings. The molecule has 4 aromatic rings. The van der Waals surface area contributed by atoms with Crippen molar-refractivity contribution in [3.63, 3.8) is 0 Å². The number of nitrogens with one attached hydrogen (secondary N) is 1. The van der Waals surface area contributed by atoms with E-state index in [-0.39, 0.29) is 11.8 Å². The number of carbonyl (C=O) groups is 2. The number of aryl methyl sites for hydroxylation is 2. The SMILES string of the molecule is CNC(=O)[C@@H](Cc1ccccc1)N(Cc1ccc(C)cc1)C(=O)CCc1cccc2ccccc12. The van der Waals surface area contributed by atoms with Crippen LogP contribution in [-0.2, 0) is 29.0 Å². The normalized spacial score (nSPS) is 11.7. The highest BCUT2D eigenvalue weighted by Crippen LogP contribution is 2.22. The lowest BCUT2D eigenvalue weighted by atomic mass is 9.99. The molecule has 0 saturated carbocycles. The molecule has 0 saturated heterocycles. The predicted octanol–water partition coefficient (Wildman–Crippen LogP) is 5.47. The third-order valence-corrected chi connectivity index (χ3v) is 6.48. The van der Waals surface area contributed by atoms with Crippen LogP contribution in [0.25, 0.3) is 10.8 Å². The molecular weight excluding hydrogens is 432 g/mol. The summed E-state index contributed by atoms with van der Waals surface area (Å²) in [4.78, 5) is 28.5. The fourth-order valence-corrected chi connectivity index (χ4v) is 4.51. The molecule has 4 heteroatoms. The standard InChI is InChI=1S/C31H32N2O2/c1-23-15-17-25(18-16-23)22-33(29(31(35)32-2)21-24-9-4-3-5-10-24)30(34)20-19-27-13-8-12-26-11-6-7-14-28(26)27/h3-18,29H,19-22H2,1-2H3,(H,32,35)/t29-/m1/s1. The first-order valence-electron chi connectivity index (χ1n) is 12.1. The molecule has 0 aliphatic heterocycles. The molecule has 178 valence electrons. The molecule has 0 aromatic heterocycles. The first-order chi connectivity index (χ1) is 17.0. The summed E-state index contributed by atoms with van der Waals surface area (Å²) < 4.78 is 0. The average Bonchev–Trinajstić information content (AvgIpc) is 2.90. The number of hydrogen-bond acceptors (Lipinski definition) is 2. The van der Waals surface area contributed by atoms with Gasteiger partial charge in [-0.3, -0.25) is 9.59 Å². The molecule has 4 nitrogen and oxygen atoms in total. The maximum Gasteiger partial charge on any atom is 0.242 e. The summed E-state index contributed by atoms with van der Waals surface area (Å²) >= 11 is 0. The summed E-state index contributed by atoms with van der Waals surface area (Å²) in [5.41, 5.74) is 4.34. The molecule has 0 bridgehead atoms. The van der Waals surface area contributed by atoms with Gasteiger partial charge in [-0.15, -0.1) is 0 Å². The van der Waals surface area contributed by atoms with Gasteiger partial charge in [-0.05, 0) is 40.8 Å². The van der Waals surface area contributed by atoms with Gasteiger partial charge in [0.25, 0.3) is 0 Å². The second-order valence-electron chi connectivity index (χ2n) is 8.97. The van der Waals surface area contributed by atoms with Crippen molar-refractivity contribution in [1.29, 1.82) is 0 Å². The van der Waals surface area contributed by atoms with E-state index < -0.39 is 6.04 Å². The predicted molar refractivity (Wildman–Crippen MR) is 142 cm³/mol. The quantitative estimate of drug-likeness (QED) is 0.357. The van der Waals surface area contributed by atoms with Crippen molar-refractivity contribution in [2.45, 2.75) is 38.8 Å². The number of hydrogen-bond donors (Lipinski definition) is 1. The average molecular weight is 465 g/mol. The Morgan fingerprint density at radius 1 is 0.800 bits per heavy atom. The highest BCUT2D eigenvalue weighted by molar-refractivity contribution is 5.89. The van der Waals surface area contributed by atoms with Gasteiger partial charge in [0.2, 0.25) is 11.8 Å². The van der Waals surface area contributed by atoms with E-state index in [4.69, 9.17) is 0 Å². The third-order valence-electron chi connectivity index (χ3n) is 6.48. The molecule has 35 heavy (non-hydrogen) atoms. The van der Waals surface area contributed by atoms with Gasteiger partial charge in [0.05, 0.1) is 0 Å². The first-order valence-corrected chi connectivity index (χ1v) is 12.1. The molecular formula is C31H32N2O2. The lowest BCUT2D eigenvalue weighted by Crippen LogP contribution is -2.49. The van der Waals surface area contributed by atoms with Gasteiger partial charge >= 0.3 is 0 Å². The monoisotopic (exact) mass is 464 g/mol. The lowest BCUT2D eigenvalue weighted by molar-refractivity contribution is -0.141. The van der Waals surface area contributed by atoms with Gasteiger partial charge in [0.1, 0.15) is 6.04 Å². The van der Waals surface area contributed by atoms with Crippen molar-refractivity contribution in [2.75, 3.05) is 7.05 Å². The van der Waals surface area contributed by atoms with Crippen LogP contribution in [-0.4, -0.2) is 29.8 Å². The molecule has 0 fully saturated rings. The number of rotatable bonds is 9. The van der Waals surface area contributed by atoms with Gasteiger partial charge in [-0.2, -0.15) is 0 Å². The number of nitrogens with zero attached hydrogens (tertiary/aromatic N) is 1. The first kappa shape index (κ1) is 24.2. The molecule has 1 N–H and O–H groups in total. The summed E-state index contributed by atoms with van der Waals surface area (Å²) in [7, 11) is 1.63. The van der Waals surface area contributed by atoms with E-state index in [1.54, 1.807) is 11.9 Å². The fraction of sp³-hybridized carbons (Fsp3) is 0.226. The zero-order valence-corrected chi connectivity index (χ0v) is 20.4. The number of carbonyl (C=O) groups excluding carboxylic acids is 2. The summed E-state index contributed by atoms with van der Waals surface area (Å²) in [6, 6.07) is 31.9. The van der Waals surface area contributed by atoms with Crippen LogP contribution in [0.5, 0.6) is 0 Å². The molecule has 0 aliphatic carbocycles. The summed E-state index contributed by atoms with van der Waals surface area (Å²) in [6.07, 6.45) is 1.42. The lowest BCUT2D eigenvalue weighted by Gasteiger charge is -2.31. The van der Waals surface area contributed by atoms with Gasteiger partial charge in [0, 0.05) is 26.4 Å². The highest BCUT2D eigenvalue weighted by Gasteiger charge is 2.29. The Hall–Kier alpha value is -3.92. The van der Waals surface area contributed by atoms with Crippen molar-refractivity contribution in [3.05, 3.63) is 119 Å². The number of fused-ring (bicyclic) bond motifs is 1. The Morgan fingerprint density at radius 2 is 1.49 bits per heavy atom. The van der Waals surface area contributed by atoms with E-state index >= 15 is 0 Å². The second-order valence-corrected chi connectivity index (χ2v) is 8.97. The van der Waals surface area contributed by atoms with Gasteiger partial charge in [0.15, 0.2) is 0 Å². The van der Waals surface area contributed by atoms with Crippen molar-refractivity contribution in [1.82, 2.24) is 10.2 Å². The second kappa shape index (κ2) is 11.5. The van der Waals surface area contributed by atoms with Gasteiger partial charge in [-0.1, -0.05) is 103 Å². The number of benzene rings is 4. The minimum absolute atomic E-state index is 0.0250. The van der Waals surface area contributed by atoms with Gasteiger partial charge in [-0.25, -0.2) is 0 Å². The van der Waals surface area contributed by atoms with Crippen molar-refractivity contribution >= 4 is 22.6 Å². The fourth-order valence-electron chi connectivity index (χ4n) is 4.51. The topological polar surface area (TPSA) is 49.4 Å². The zero-order valence-electron chi connectivity index (χ0n) is 20.4.